The summed E-state index contributed by atoms with van der Waals surface area (Å²) in [6.07, 6.45) is 0.649. The van der Waals surface area contributed by atoms with E-state index in [2.05, 4.69) is 10.3 Å². The van der Waals surface area contributed by atoms with Gasteiger partial charge in [0.05, 0.1) is 12.1 Å². The number of fused-ring (bicyclic) bond motifs is 2. The summed E-state index contributed by atoms with van der Waals surface area (Å²) in [6.45, 7) is 3.04. The number of aromatic nitrogens is 1. The Morgan fingerprint density at radius 1 is 1.26 bits per heavy atom. The van der Waals surface area contributed by atoms with Crippen LogP contribution in [-0.2, 0) is 17.8 Å². The number of para-hydroxylation sites is 1. The minimum Gasteiger partial charge on any atom is -0.358 e. The largest absolute Gasteiger partial charge is 0.358 e. The number of aromatic amines is 1. The van der Waals surface area contributed by atoms with Crippen LogP contribution in [-0.4, -0.2) is 28.9 Å². The lowest BCUT2D eigenvalue weighted by Crippen LogP contribution is -2.39. The molecule has 0 fully saturated rings. The topological polar surface area (TPSA) is 65.2 Å². The van der Waals surface area contributed by atoms with Gasteiger partial charge in [-0.1, -0.05) is 18.2 Å². The number of anilines is 1. The van der Waals surface area contributed by atoms with Crippen molar-refractivity contribution in [1.82, 2.24) is 9.88 Å². The van der Waals surface area contributed by atoms with Crippen LogP contribution in [0.15, 0.2) is 47.3 Å². The molecule has 4 rings (SSSR count). The van der Waals surface area contributed by atoms with E-state index in [9.17, 15) is 14.0 Å². The highest BCUT2D eigenvalue weighted by Gasteiger charge is 2.23. The van der Waals surface area contributed by atoms with Gasteiger partial charge in [0.2, 0.25) is 5.91 Å². The number of nitrogens with one attached hydrogen (secondary N) is 2. The van der Waals surface area contributed by atoms with Crippen molar-refractivity contribution in [3.8, 4) is 0 Å². The van der Waals surface area contributed by atoms with Crippen LogP contribution in [0.25, 0.3) is 10.9 Å². The molecule has 1 amide bonds. The van der Waals surface area contributed by atoms with Crippen molar-refractivity contribution in [2.24, 2.45) is 0 Å². The molecule has 1 aliphatic rings. The molecule has 138 valence electrons. The summed E-state index contributed by atoms with van der Waals surface area (Å²) in [4.78, 5) is 30.4. The average molecular weight is 365 g/mol. The number of nitrogens with zero attached hydrogens (tertiary/aromatic N) is 1. The lowest BCUT2D eigenvalue weighted by atomic mass is 10.0. The molecule has 2 N–H and O–H groups in total. The van der Waals surface area contributed by atoms with Crippen LogP contribution in [0.1, 0.15) is 16.8 Å². The van der Waals surface area contributed by atoms with Gasteiger partial charge in [0.15, 0.2) is 5.43 Å². The molecular formula is C21H20FN3O2. The summed E-state index contributed by atoms with van der Waals surface area (Å²) in [5.74, 6) is -0.538. The molecule has 1 aliphatic heterocycles. The third-order valence-corrected chi connectivity index (χ3v) is 4.94. The smallest absolute Gasteiger partial charge is 0.238 e. The summed E-state index contributed by atoms with van der Waals surface area (Å²) >= 11 is 0. The van der Waals surface area contributed by atoms with Crippen molar-refractivity contribution in [3.63, 3.8) is 0 Å². The molecule has 2 heterocycles. The van der Waals surface area contributed by atoms with E-state index in [0.717, 1.165) is 16.9 Å². The van der Waals surface area contributed by atoms with Gasteiger partial charge in [0, 0.05) is 41.8 Å². The molecule has 1 aromatic heterocycles. The molecule has 0 bridgehead atoms. The Bertz CT molecular complexity index is 1080. The van der Waals surface area contributed by atoms with Gasteiger partial charge in [-0.3, -0.25) is 14.5 Å². The van der Waals surface area contributed by atoms with Crippen LogP contribution in [0.5, 0.6) is 0 Å². The maximum atomic E-state index is 13.7. The zero-order chi connectivity index (χ0) is 19.0. The van der Waals surface area contributed by atoms with Gasteiger partial charge in [0.1, 0.15) is 5.82 Å². The van der Waals surface area contributed by atoms with Crippen molar-refractivity contribution >= 4 is 22.5 Å². The van der Waals surface area contributed by atoms with Gasteiger partial charge < -0.3 is 10.3 Å². The maximum Gasteiger partial charge on any atom is 0.238 e. The summed E-state index contributed by atoms with van der Waals surface area (Å²) in [7, 11) is 0. The fourth-order valence-corrected chi connectivity index (χ4v) is 3.63. The number of hydrogen-bond donors (Lipinski definition) is 2. The van der Waals surface area contributed by atoms with Gasteiger partial charge >= 0.3 is 0 Å². The molecule has 3 aromatic rings. The van der Waals surface area contributed by atoms with Gasteiger partial charge in [-0.25, -0.2) is 4.39 Å². The highest BCUT2D eigenvalue weighted by Crippen LogP contribution is 2.21. The first-order chi connectivity index (χ1) is 13.0. The predicted molar refractivity (Wildman–Crippen MR) is 103 cm³/mol. The summed E-state index contributed by atoms with van der Waals surface area (Å²) in [5, 5.41) is 3.22. The number of carbonyl (C=O) groups is 1. The average Bonchev–Trinajstić information content (AvgIpc) is 2.64. The van der Waals surface area contributed by atoms with Crippen LogP contribution in [0.2, 0.25) is 0 Å². The zero-order valence-corrected chi connectivity index (χ0v) is 15.0. The molecule has 6 heteroatoms. The predicted octanol–water partition coefficient (Wildman–Crippen LogP) is 2.97. The SMILES string of the molecule is Cc1cc(F)cc2c(=O)c3c([nH]c12)CCN(CC(=O)Nc1ccccc1)C3. The van der Waals surface area contributed by atoms with E-state index in [1.54, 1.807) is 6.92 Å². The first kappa shape index (κ1) is 17.4. The second kappa shape index (κ2) is 6.96. The van der Waals surface area contributed by atoms with E-state index in [-0.39, 0.29) is 17.9 Å². The Morgan fingerprint density at radius 2 is 2.04 bits per heavy atom. The normalized spacial score (nSPS) is 14.1. The molecule has 27 heavy (non-hydrogen) atoms. The molecule has 0 saturated carbocycles. The van der Waals surface area contributed by atoms with Crippen molar-refractivity contribution < 1.29 is 9.18 Å². The fourth-order valence-electron chi connectivity index (χ4n) is 3.63. The van der Waals surface area contributed by atoms with Crippen molar-refractivity contribution in [1.29, 1.82) is 0 Å². The number of pyridine rings is 1. The van der Waals surface area contributed by atoms with Gasteiger partial charge in [-0.05, 0) is 36.8 Å². The van der Waals surface area contributed by atoms with Crippen LogP contribution in [0.4, 0.5) is 10.1 Å². The highest BCUT2D eigenvalue weighted by molar-refractivity contribution is 5.92. The van der Waals surface area contributed by atoms with Gasteiger partial charge in [-0.2, -0.15) is 0 Å². The number of hydrogen-bond acceptors (Lipinski definition) is 3. The van der Waals surface area contributed by atoms with E-state index < -0.39 is 5.82 Å². The van der Waals surface area contributed by atoms with E-state index >= 15 is 0 Å². The van der Waals surface area contributed by atoms with Crippen LogP contribution in [0, 0.1) is 12.7 Å². The fraction of sp³-hybridized carbons (Fsp3) is 0.238. The second-order valence-electron chi connectivity index (χ2n) is 6.93. The number of halogens is 1. The number of carbonyl (C=O) groups excluding carboxylic acids is 1. The van der Waals surface area contributed by atoms with E-state index in [1.807, 2.05) is 35.2 Å². The molecule has 0 unspecified atom stereocenters. The molecular weight excluding hydrogens is 345 g/mol. The third-order valence-electron chi connectivity index (χ3n) is 4.94. The van der Waals surface area contributed by atoms with Gasteiger partial charge in [-0.15, -0.1) is 0 Å². The summed E-state index contributed by atoms with van der Waals surface area (Å²) in [5.41, 5.74) is 3.49. The van der Waals surface area contributed by atoms with Crippen molar-refractivity contribution in [2.75, 3.05) is 18.4 Å². The van der Waals surface area contributed by atoms with E-state index in [4.69, 9.17) is 0 Å². The molecule has 0 spiro atoms. The highest BCUT2D eigenvalue weighted by atomic mass is 19.1. The van der Waals surface area contributed by atoms with E-state index in [1.165, 1.54) is 12.1 Å². The van der Waals surface area contributed by atoms with E-state index in [0.29, 0.717) is 36.0 Å². The monoisotopic (exact) mass is 365 g/mol. The number of H-pyrrole nitrogens is 1. The maximum absolute atomic E-state index is 13.7. The molecule has 5 nitrogen and oxygen atoms in total. The van der Waals surface area contributed by atoms with Crippen molar-refractivity contribution in [2.45, 2.75) is 19.9 Å². The summed E-state index contributed by atoms with van der Waals surface area (Å²) in [6, 6.07) is 12.0. The molecule has 0 saturated heterocycles. The van der Waals surface area contributed by atoms with Gasteiger partial charge in [0.25, 0.3) is 0 Å². The van der Waals surface area contributed by atoms with Crippen molar-refractivity contribution in [3.05, 3.63) is 75.3 Å². The first-order valence-electron chi connectivity index (χ1n) is 8.92. The molecule has 0 atom stereocenters. The van der Waals surface area contributed by atoms with Crippen LogP contribution < -0.4 is 10.7 Å². The molecule has 0 radical (unpaired) electrons. The second-order valence-corrected chi connectivity index (χ2v) is 6.93. The Hall–Kier alpha value is -2.99. The molecule has 0 aliphatic carbocycles. The number of amides is 1. The number of aryl methyl sites for hydroxylation is 1. The Labute approximate surface area is 155 Å². The lowest BCUT2D eigenvalue weighted by Gasteiger charge is -2.28. The third kappa shape index (κ3) is 3.48. The van der Waals surface area contributed by atoms with Crippen LogP contribution in [0.3, 0.4) is 0 Å². The van der Waals surface area contributed by atoms with Crippen LogP contribution >= 0.6 is 0 Å². The first-order valence-corrected chi connectivity index (χ1v) is 8.92. The standard InChI is InChI=1S/C21H20FN3O2/c1-13-9-14(22)10-16-20(13)24-18-7-8-25(11-17(18)21(16)27)12-19(26)23-15-5-3-2-4-6-15/h2-6,9-10H,7-8,11-12H2,1H3,(H,23,26)(H,24,27). The lowest BCUT2D eigenvalue weighted by molar-refractivity contribution is -0.117. The zero-order valence-electron chi connectivity index (χ0n) is 15.0. The molecule has 2 aromatic carbocycles. The quantitative estimate of drug-likeness (QED) is 0.750. The summed E-state index contributed by atoms with van der Waals surface area (Å²) < 4.78 is 13.7. The Kier molecular flexibility index (Phi) is 4.49. The minimum atomic E-state index is -0.416. The minimum absolute atomic E-state index is 0.122. The number of rotatable bonds is 3. The Balaban J connectivity index is 1.57. The number of benzene rings is 2. The Morgan fingerprint density at radius 3 is 2.81 bits per heavy atom.